The topological polar surface area (TPSA) is 26.3 Å². The largest absolute Gasteiger partial charge is 0.360 e. The van der Waals surface area contributed by atoms with Gasteiger partial charge in [0.25, 0.3) is 0 Å². The SMILES string of the molecule is CC(C)C(Cl)(Cl)C(=O)OCl. The van der Waals surface area contributed by atoms with Crippen LogP contribution in [-0.2, 0) is 9.08 Å². The van der Waals surface area contributed by atoms with Gasteiger partial charge in [0.2, 0.25) is 4.33 Å². The van der Waals surface area contributed by atoms with E-state index in [4.69, 9.17) is 35.1 Å². The summed E-state index contributed by atoms with van der Waals surface area (Å²) in [4.78, 5) is 10.7. The van der Waals surface area contributed by atoms with Crippen LogP contribution >= 0.6 is 35.1 Å². The number of carbonyl (C=O) groups is 1. The molecule has 0 atom stereocenters. The number of halogens is 3. The highest BCUT2D eigenvalue weighted by molar-refractivity contribution is 6.58. The average Bonchev–Trinajstić information content (AvgIpc) is 1.86. The maximum absolute atomic E-state index is 10.7. The Balaban J connectivity index is 4.24. The smallest absolute Gasteiger partial charge is 0.344 e. The van der Waals surface area contributed by atoms with E-state index >= 15 is 0 Å². The highest BCUT2D eigenvalue weighted by Crippen LogP contribution is 2.31. The lowest BCUT2D eigenvalue weighted by atomic mass is 10.1. The summed E-state index contributed by atoms with van der Waals surface area (Å²) in [5.74, 6) is -1.07. The molecule has 2 nitrogen and oxygen atoms in total. The van der Waals surface area contributed by atoms with Crippen molar-refractivity contribution in [2.45, 2.75) is 18.2 Å². The summed E-state index contributed by atoms with van der Waals surface area (Å²) in [6, 6.07) is 0. The Labute approximate surface area is 74.6 Å². The predicted octanol–water partition coefficient (Wildman–Crippen LogP) is 2.51. The minimum absolute atomic E-state index is 0.234. The average molecular weight is 205 g/mol. The van der Waals surface area contributed by atoms with E-state index in [9.17, 15) is 4.79 Å². The van der Waals surface area contributed by atoms with Crippen LogP contribution in [0.2, 0.25) is 0 Å². The molecule has 60 valence electrons. The van der Waals surface area contributed by atoms with E-state index in [1.54, 1.807) is 13.8 Å². The molecule has 0 unspecified atom stereocenters. The minimum Gasteiger partial charge on any atom is -0.344 e. The van der Waals surface area contributed by atoms with Crippen molar-refractivity contribution in [3.05, 3.63) is 0 Å². The van der Waals surface area contributed by atoms with E-state index in [-0.39, 0.29) is 5.92 Å². The van der Waals surface area contributed by atoms with Gasteiger partial charge in [0.15, 0.2) is 0 Å². The molecule has 0 bridgehead atoms. The van der Waals surface area contributed by atoms with E-state index in [0.29, 0.717) is 0 Å². The summed E-state index contributed by atoms with van der Waals surface area (Å²) in [5, 5.41) is 0. The quantitative estimate of drug-likeness (QED) is 0.648. The lowest BCUT2D eigenvalue weighted by Gasteiger charge is -2.18. The third-order valence-corrected chi connectivity index (χ3v) is 2.39. The number of rotatable bonds is 2. The fourth-order valence-electron chi connectivity index (χ4n) is 0.287. The lowest BCUT2D eigenvalue weighted by molar-refractivity contribution is -0.135. The molecule has 0 saturated heterocycles. The van der Waals surface area contributed by atoms with Crippen LogP contribution in [0.1, 0.15) is 13.8 Å². The highest BCUT2D eigenvalue weighted by atomic mass is 35.5. The second kappa shape index (κ2) is 3.65. The van der Waals surface area contributed by atoms with Gasteiger partial charge in [-0.2, -0.15) is 0 Å². The van der Waals surface area contributed by atoms with E-state index in [1.165, 1.54) is 0 Å². The normalized spacial score (nSPS) is 11.8. The maximum Gasteiger partial charge on any atom is 0.360 e. The molecule has 0 aromatic carbocycles. The van der Waals surface area contributed by atoms with Crippen molar-refractivity contribution in [3.63, 3.8) is 0 Å². The molecule has 0 aliphatic carbocycles. The third kappa shape index (κ3) is 2.19. The van der Waals surface area contributed by atoms with Crippen LogP contribution in [0.15, 0.2) is 0 Å². The van der Waals surface area contributed by atoms with Gasteiger partial charge < -0.3 is 4.29 Å². The zero-order chi connectivity index (χ0) is 8.36. The van der Waals surface area contributed by atoms with Crippen molar-refractivity contribution < 1.29 is 9.08 Å². The molecule has 0 aliphatic rings. The number of alkyl halides is 2. The first-order chi connectivity index (χ1) is 4.42. The summed E-state index contributed by atoms with van der Waals surface area (Å²) >= 11 is 15.8. The molecule has 0 saturated carbocycles. The van der Waals surface area contributed by atoms with Gasteiger partial charge in [0.1, 0.15) is 11.9 Å². The van der Waals surface area contributed by atoms with E-state index in [0.717, 1.165) is 0 Å². The second-order valence-electron chi connectivity index (χ2n) is 2.14. The highest BCUT2D eigenvalue weighted by Gasteiger charge is 2.39. The van der Waals surface area contributed by atoms with Crippen LogP contribution in [0.5, 0.6) is 0 Å². The van der Waals surface area contributed by atoms with Gasteiger partial charge in [0, 0.05) is 0 Å². The summed E-state index contributed by atoms with van der Waals surface area (Å²) in [6.07, 6.45) is 0. The van der Waals surface area contributed by atoms with E-state index in [1.807, 2.05) is 0 Å². The van der Waals surface area contributed by atoms with E-state index < -0.39 is 10.3 Å². The molecule has 0 radical (unpaired) electrons. The number of hydrogen-bond acceptors (Lipinski definition) is 2. The van der Waals surface area contributed by atoms with Gasteiger partial charge in [-0.3, -0.25) is 0 Å². The lowest BCUT2D eigenvalue weighted by Crippen LogP contribution is -2.31. The van der Waals surface area contributed by atoms with Crippen LogP contribution in [0.25, 0.3) is 0 Å². The first-order valence-corrected chi connectivity index (χ1v) is 3.70. The van der Waals surface area contributed by atoms with Gasteiger partial charge >= 0.3 is 5.97 Å². The van der Waals surface area contributed by atoms with Crippen molar-refractivity contribution in [2.24, 2.45) is 5.92 Å². The zero-order valence-corrected chi connectivity index (χ0v) is 7.80. The minimum atomic E-state index is -1.54. The van der Waals surface area contributed by atoms with Crippen LogP contribution in [-0.4, -0.2) is 10.3 Å². The second-order valence-corrected chi connectivity index (χ2v) is 3.68. The molecule has 0 rings (SSSR count). The number of carbonyl (C=O) groups excluding carboxylic acids is 1. The first kappa shape index (κ1) is 10.3. The molecule has 0 heterocycles. The van der Waals surface area contributed by atoms with Crippen molar-refractivity contribution in [1.29, 1.82) is 0 Å². The summed E-state index contributed by atoms with van der Waals surface area (Å²) < 4.78 is 2.31. The van der Waals surface area contributed by atoms with Crippen molar-refractivity contribution in [3.8, 4) is 0 Å². The standard InChI is InChI=1S/C5H7Cl3O2/c1-3(2)5(6,7)4(9)10-8/h3H,1-2H3. The Kier molecular flexibility index (Phi) is 3.77. The molecule has 0 spiro atoms. The summed E-state index contributed by atoms with van der Waals surface area (Å²) in [7, 11) is 0. The van der Waals surface area contributed by atoms with Crippen molar-refractivity contribution in [1.82, 2.24) is 0 Å². The molecule has 10 heavy (non-hydrogen) atoms. The Bertz CT molecular complexity index is 133. The third-order valence-electron chi connectivity index (χ3n) is 1.07. The Morgan fingerprint density at radius 1 is 1.50 bits per heavy atom. The summed E-state index contributed by atoms with van der Waals surface area (Å²) in [6.45, 7) is 3.38. The predicted molar refractivity (Wildman–Crippen MR) is 41.2 cm³/mol. The van der Waals surface area contributed by atoms with Crippen molar-refractivity contribution in [2.75, 3.05) is 0 Å². The summed E-state index contributed by atoms with van der Waals surface area (Å²) in [5.41, 5.74) is 0. The van der Waals surface area contributed by atoms with Crippen LogP contribution in [0.4, 0.5) is 0 Å². The first-order valence-electron chi connectivity index (χ1n) is 2.63. The molecule has 0 aromatic heterocycles. The van der Waals surface area contributed by atoms with Crippen LogP contribution in [0, 0.1) is 5.92 Å². The maximum atomic E-state index is 10.7. The molecule has 0 amide bonds. The molecular weight excluding hydrogens is 198 g/mol. The number of hydrogen-bond donors (Lipinski definition) is 0. The molecule has 0 aromatic rings. The van der Waals surface area contributed by atoms with Gasteiger partial charge in [-0.15, -0.1) is 0 Å². The Morgan fingerprint density at radius 2 is 1.90 bits per heavy atom. The Hall–Kier alpha value is 0.340. The van der Waals surface area contributed by atoms with Gasteiger partial charge in [-0.05, 0) is 5.92 Å². The fourth-order valence-corrected chi connectivity index (χ4v) is 0.565. The zero-order valence-electron chi connectivity index (χ0n) is 5.53. The van der Waals surface area contributed by atoms with Gasteiger partial charge in [0.05, 0.1) is 0 Å². The molecule has 5 heteroatoms. The molecule has 0 N–H and O–H groups in total. The molecule has 0 aliphatic heterocycles. The Morgan fingerprint density at radius 3 is 2.00 bits per heavy atom. The molecule has 0 fully saturated rings. The van der Waals surface area contributed by atoms with Gasteiger partial charge in [-0.25, -0.2) is 4.79 Å². The molecular formula is C5H7Cl3O2. The fraction of sp³-hybridized carbons (Fsp3) is 0.800. The van der Waals surface area contributed by atoms with Crippen LogP contribution in [0.3, 0.4) is 0 Å². The van der Waals surface area contributed by atoms with E-state index in [2.05, 4.69) is 4.29 Å². The van der Waals surface area contributed by atoms with Crippen molar-refractivity contribution >= 4 is 41.0 Å². The van der Waals surface area contributed by atoms with Crippen LogP contribution < -0.4 is 0 Å². The monoisotopic (exact) mass is 204 g/mol. The van der Waals surface area contributed by atoms with Gasteiger partial charge in [-0.1, -0.05) is 37.0 Å².